The second kappa shape index (κ2) is 5.50. The van der Waals surface area contributed by atoms with Gasteiger partial charge < -0.3 is 10.1 Å². The van der Waals surface area contributed by atoms with Crippen molar-refractivity contribution in [3.05, 3.63) is 0 Å². The fourth-order valence-electron chi connectivity index (χ4n) is 3.28. The van der Waals surface area contributed by atoms with E-state index in [9.17, 15) is 0 Å². The van der Waals surface area contributed by atoms with Crippen LogP contribution in [0.15, 0.2) is 0 Å². The van der Waals surface area contributed by atoms with Gasteiger partial charge in [0.25, 0.3) is 0 Å². The molecule has 0 aromatic heterocycles. The summed E-state index contributed by atoms with van der Waals surface area (Å²) >= 11 is 0. The smallest absolute Gasteiger partial charge is 0.0575 e. The van der Waals surface area contributed by atoms with E-state index in [0.717, 1.165) is 12.5 Å². The summed E-state index contributed by atoms with van der Waals surface area (Å²) in [6, 6.07) is 0. The molecule has 2 unspecified atom stereocenters. The highest BCUT2D eigenvalue weighted by molar-refractivity contribution is 4.95. The molecule has 2 heteroatoms. The number of nitrogens with one attached hydrogen (secondary N) is 1. The Kier molecular flexibility index (Phi) is 4.26. The van der Waals surface area contributed by atoms with Crippen LogP contribution < -0.4 is 5.32 Å². The molecule has 2 heterocycles. The van der Waals surface area contributed by atoms with Crippen molar-refractivity contribution in [3.63, 3.8) is 0 Å². The van der Waals surface area contributed by atoms with Gasteiger partial charge in [-0.15, -0.1) is 0 Å². The molecule has 2 rings (SSSR count). The van der Waals surface area contributed by atoms with Crippen LogP contribution >= 0.6 is 0 Å². The third kappa shape index (κ3) is 2.78. The van der Waals surface area contributed by atoms with Gasteiger partial charge in [-0.25, -0.2) is 0 Å². The predicted molar refractivity (Wildman–Crippen MR) is 67.6 cm³/mol. The standard InChI is InChI=1S/C14H27NO/c1-12(2)14(8-5-10-15-14)9-7-13-6-3-4-11-16-13/h12-13,15H,3-11H2,1-2H3. The van der Waals surface area contributed by atoms with Crippen LogP contribution in [-0.2, 0) is 4.74 Å². The first-order valence-corrected chi connectivity index (χ1v) is 7.09. The van der Waals surface area contributed by atoms with E-state index in [1.807, 2.05) is 0 Å². The van der Waals surface area contributed by atoms with Gasteiger partial charge in [-0.3, -0.25) is 0 Å². The lowest BCUT2D eigenvalue weighted by molar-refractivity contribution is 0.00396. The zero-order chi connectivity index (χ0) is 11.4. The van der Waals surface area contributed by atoms with Gasteiger partial charge >= 0.3 is 0 Å². The fraction of sp³-hybridized carbons (Fsp3) is 1.00. The minimum atomic E-state index is 0.417. The summed E-state index contributed by atoms with van der Waals surface area (Å²) in [5.74, 6) is 0.749. The molecule has 0 aromatic rings. The molecule has 94 valence electrons. The van der Waals surface area contributed by atoms with Crippen LogP contribution in [0, 0.1) is 5.92 Å². The average molecular weight is 225 g/mol. The van der Waals surface area contributed by atoms with Crippen LogP contribution in [-0.4, -0.2) is 24.8 Å². The lowest BCUT2D eigenvalue weighted by Gasteiger charge is -2.36. The van der Waals surface area contributed by atoms with Gasteiger partial charge in [0.2, 0.25) is 0 Å². The van der Waals surface area contributed by atoms with Crippen LogP contribution in [0.25, 0.3) is 0 Å². The molecule has 1 N–H and O–H groups in total. The minimum Gasteiger partial charge on any atom is -0.378 e. The quantitative estimate of drug-likeness (QED) is 0.794. The van der Waals surface area contributed by atoms with Crippen molar-refractivity contribution in [2.75, 3.05) is 13.2 Å². The van der Waals surface area contributed by atoms with Gasteiger partial charge in [-0.1, -0.05) is 13.8 Å². The molecule has 0 saturated carbocycles. The normalized spacial score (nSPS) is 35.8. The van der Waals surface area contributed by atoms with Crippen LogP contribution in [0.3, 0.4) is 0 Å². The van der Waals surface area contributed by atoms with Crippen LogP contribution in [0.2, 0.25) is 0 Å². The Hall–Kier alpha value is -0.0800. The first-order chi connectivity index (χ1) is 7.73. The van der Waals surface area contributed by atoms with Crippen LogP contribution in [0.5, 0.6) is 0 Å². The summed E-state index contributed by atoms with van der Waals surface area (Å²) in [5.41, 5.74) is 0.417. The molecule has 0 radical (unpaired) electrons. The van der Waals surface area contributed by atoms with Crippen molar-refractivity contribution in [2.45, 2.75) is 70.4 Å². The zero-order valence-electron chi connectivity index (χ0n) is 10.9. The SMILES string of the molecule is CC(C)C1(CCC2CCCCO2)CCCN1. The molecule has 2 saturated heterocycles. The Labute approximate surface area is 100 Å². The highest BCUT2D eigenvalue weighted by atomic mass is 16.5. The third-order valence-electron chi connectivity index (χ3n) is 4.57. The Balaban J connectivity index is 1.81. The number of ether oxygens (including phenoxy) is 1. The second-order valence-electron chi connectivity index (χ2n) is 5.87. The number of hydrogen-bond donors (Lipinski definition) is 1. The summed E-state index contributed by atoms with van der Waals surface area (Å²) in [5, 5.41) is 3.75. The van der Waals surface area contributed by atoms with E-state index in [1.54, 1.807) is 0 Å². The summed E-state index contributed by atoms with van der Waals surface area (Å²) in [6.07, 6.45) is 9.74. The van der Waals surface area contributed by atoms with Crippen molar-refractivity contribution >= 4 is 0 Å². The van der Waals surface area contributed by atoms with Gasteiger partial charge in [0.05, 0.1) is 6.10 Å². The molecular weight excluding hydrogens is 198 g/mol. The van der Waals surface area contributed by atoms with Crippen molar-refractivity contribution in [3.8, 4) is 0 Å². The van der Waals surface area contributed by atoms with Crippen molar-refractivity contribution in [1.29, 1.82) is 0 Å². The maximum absolute atomic E-state index is 5.83. The molecule has 2 atom stereocenters. The molecular formula is C14H27NO. The second-order valence-corrected chi connectivity index (χ2v) is 5.87. The molecule has 2 nitrogen and oxygen atoms in total. The van der Waals surface area contributed by atoms with Gasteiger partial charge in [0.1, 0.15) is 0 Å². The van der Waals surface area contributed by atoms with Gasteiger partial charge in [-0.2, -0.15) is 0 Å². The topological polar surface area (TPSA) is 21.3 Å². The Morgan fingerprint density at radius 3 is 2.75 bits per heavy atom. The van der Waals surface area contributed by atoms with E-state index in [-0.39, 0.29) is 0 Å². The highest BCUT2D eigenvalue weighted by Gasteiger charge is 2.36. The summed E-state index contributed by atoms with van der Waals surface area (Å²) in [6.45, 7) is 6.93. The average Bonchev–Trinajstić information content (AvgIpc) is 2.78. The summed E-state index contributed by atoms with van der Waals surface area (Å²) in [4.78, 5) is 0. The number of hydrogen-bond acceptors (Lipinski definition) is 2. The van der Waals surface area contributed by atoms with E-state index in [0.29, 0.717) is 11.6 Å². The van der Waals surface area contributed by atoms with Crippen LogP contribution in [0.4, 0.5) is 0 Å². The molecule has 2 aliphatic rings. The third-order valence-corrected chi connectivity index (χ3v) is 4.57. The molecule has 16 heavy (non-hydrogen) atoms. The molecule has 0 spiro atoms. The lowest BCUT2D eigenvalue weighted by atomic mass is 9.80. The monoisotopic (exact) mass is 225 g/mol. The predicted octanol–water partition coefficient (Wildman–Crippen LogP) is 3.11. The maximum Gasteiger partial charge on any atom is 0.0575 e. The first kappa shape index (κ1) is 12.4. The summed E-state index contributed by atoms with van der Waals surface area (Å²) < 4.78 is 5.83. The molecule has 0 aliphatic carbocycles. The van der Waals surface area contributed by atoms with Crippen molar-refractivity contribution in [1.82, 2.24) is 5.32 Å². The molecule has 2 fully saturated rings. The highest BCUT2D eigenvalue weighted by Crippen LogP contribution is 2.33. The molecule has 2 aliphatic heterocycles. The minimum absolute atomic E-state index is 0.417. The Morgan fingerprint density at radius 1 is 1.31 bits per heavy atom. The van der Waals surface area contributed by atoms with E-state index in [1.165, 1.54) is 51.5 Å². The number of rotatable bonds is 4. The van der Waals surface area contributed by atoms with E-state index in [4.69, 9.17) is 4.74 Å². The van der Waals surface area contributed by atoms with E-state index < -0.39 is 0 Å². The van der Waals surface area contributed by atoms with E-state index >= 15 is 0 Å². The Bertz CT molecular complexity index is 203. The maximum atomic E-state index is 5.83. The van der Waals surface area contributed by atoms with Gasteiger partial charge in [0, 0.05) is 12.1 Å². The lowest BCUT2D eigenvalue weighted by Crippen LogP contribution is -2.45. The van der Waals surface area contributed by atoms with Gasteiger partial charge in [0.15, 0.2) is 0 Å². The zero-order valence-corrected chi connectivity index (χ0v) is 10.9. The van der Waals surface area contributed by atoms with Crippen molar-refractivity contribution < 1.29 is 4.74 Å². The first-order valence-electron chi connectivity index (χ1n) is 7.09. The Morgan fingerprint density at radius 2 is 2.19 bits per heavy atom. The fourth-order valence-corrected chi connectivity index (χ4v) is 3.28. The molecule has 0 aromatic carbocycles. The van der Waals surface area contributed by atoms with Crippen LogP contribution in [0.1, 0.15) is 58.8 Å². The summed E-state index contributed by atoms with van der Waals surface area (Å²) in [7, 11) is 0. The van der Waals surface area contributed by atoms with Crippen molar-refractivity contribution in [2.24, 2.45) is 5.92 Å². The van der Waals surface area contributed by atoms with Gasteiger partial charge in [-0.05, 0) is 57.4 Å². The molecule has 0 bridgehead atoms. The largest absolute Gasteiger partial charge is 0.378 e. The van der Waals surface area contributed by atoms with E-state index in [2.05, 4.69) is 19.2 Å². The molecule has 0 amide bonds.